The molecule has 0 bridgehead atoms. The first-order valence-corrected chi connectivity index (χ1v) is 13.1. The van der Waals surface area contributed by atoms with Gasteiger partial charge in [0.05, 0.1) is 6.10 Å². The first-order chi connectivity index (χ1) is 17.0. The summed E-state index contributed by atoms with van der Waals surface area (Å²) in [5.74, 6) is -0.102. The number of carbonyl (C=O) groups is 1. The summed E-state index contributed by atoms with van der Waals surface area (Å²) in [4.78, 5) is 28.0. The molecule has 3 aliphatic heterocycles. The van der Waals surface area contributed by atoms with Crippen molar-refractivity contribution in [3.05, 3.63) is 58.6 Å². The van der Waals surface area contributed by atoms with Crippen molar-refractivity contribution in [3.63, 3.8) is 0 Å². The fourth-order valence-corrected chi connectivity index (χ4v) is 7.12. The van der Waals surface area contributed by atoms with Crippen molar-refractivity contribution in [1.82, 2.24) is 14.2 Å². The largest absolute Gasteiger partial charge is 0.374 e. The van der Waals surface area contributed by atoms with Gasteiger partial charge in [0.1, 0.15) is 24.1 Å². The molecule has 1 unspecified atom stereocenters. The van der Waals surface area contributed by atoms with Crippen LogP contribution in [0.1, 0.15) is 51.0 Å². The molecule has 3 fully saturated rings. The molecule has 0 radical (unpaired) electrons. The molecule has 11 heteroatoms. The van der Waals surface area contributed by atoms with Crippen LogP contribution in [0.5, 0.6) is 0 Å². The summed E-state index contributed by atoms with van der Waals surface area (Å²) in [5.41, 5.74) is 0.621. The van der Waals surface area contributed by atoms with Gasteiger partial charge in [-0.3, -0.25) is 9.36 Å². The van der Waals surface area contributed by atoms with Gasteiger partial charge in [-0.25, -0.2) is 9.46 Å². The van der Waals surface area contributed by atoms with Crippen molar-refractivity contribution >= 4 is 20.3 Å². The van der Waals surface area contributed by atoms with E-state index in [1.54, 1.807) is 19.4 Å². The average molecular weight is 503 g/mol. The summed E-state index contributed by atoms with van der Waals surface area (Å²) in [6.07, 6.45) is 2.44. The molecule has 10 nitrogen and oxygen atoms in total. The maximum absolute atomic E-state index is 12.8. The van der Waals surface area contributed by atoms with Crippen LogP contribution in [-0.2, 0) is 23.3 Å². The van der Waals surface area contributed by atoms with E-state index in [-0.39, 0.29) is 30.0 Å². The molecule has 1 aromatic carbocycles. The van der Waals surface area contributed by atoms with Gasteiger partial charge in [0, 0.05) is 32.8 Å². The number of hydrogen-bond acceptors (Lipinski definition) is 8. The van der Waals surface area contributed by atoms with Crippen LogP contribution in [0.4, 0.5) is 5.82 Å². The minimum atomic E-state index is -1.31. The fraction of sp³-hybridized carbons (Fsp3) is 0.542. The molecule has 1 aromatic heterocycles. The number of amides is 1. The zero-order chi connectivity index (χ0) is 24.5. The molecular weight excluding hydrogens is 471 g/mol. The lowest BCUT2D eigenvalue weighted by atomic mass is 10.0. The Morgan fingerprint density at radius 1 is 1.26 bits per heavy atom. The molecule has 0 saturated carbocycles. The molecule has 7 atom stereocenters. The van der Waals surface area contributed by atoms with Crippen molar-refractivity contribution in [2.75, 3.05) is 19.0 Å². The molecule has 1 amide bonds. The van der Waals surface area contributed by atoms with Crippen molar-refractivity contribution in [2.45, 2.75) is 69.8 Å². The molecule has 1 N–H and O–H groups in total. The number of benzene rings is 1. The molecule has 3 aliphatic rings. The summed E-state index contributed by atoms with van der Waals surface area (Å²) in [7, 11) is 0.279. The Morgan fingerprint density at radius 3 is 2.74 bits per heavy atom. The third kappa shape index (κ3) is 4.79. The second kappa shape index (κ2) is 10.4. The summed E-state index contributed by atoms with van der Waals surface area (Å²) in [6, 6.07) is 12.1. The Balaban J connectivity index is 1.37. The molecule has 0 aliphatic carbocycles. The monoisotopic (exact) mass is 502 g/mol. The Morgan fingerprint density at radius 2 is 2.06 bits per heavy atom. The Kier molecular flexibility index (Phi) is 7.29. The van der Waals surface area contributed by atoms with E-state index < -0.39 is 32.7 Å². The number of carbonyl (C=O) groups excluding carboxylic acids is 1. The number of aromatic nitrogens is 2. The minimum absolute atomic E-state index is 0.0304. The van der Waals surface area contributed by atoms with E-state index in [0.717, 1.165) is 24.9 Å². The quantitative estimate of drug-likeness (QED) is 0.575. The van der Waals surface area contributed by atoms with Crippen molar-refractivity contribution < 1.29 is 23.3 Å². The van der Waals surface area contributed by atoms with Crippen molar-refractivity contribution in [2.24, 2.45) is 0 Å². The lowest BCUT2D eigenvalue weighted by Gasteiger charge is -2.28. The van der Waals surface area contributed by atoms with E-state index in [0.29, 0.717) is 6.42 Å². The predicted molar refractivity (Wildman–Crippen MR) is 130 cm³/mol. The third-order valence-electron chi connectivity index (χ3n) is 6.74. The number of rotatable bonds is 7. The normalized spacial score (nSPS) is 32.6. The summed E-state index contributed by atoms with van der Waals surface area (Å²) in [5, 5.41) is 2.52. The first kappa shape index (κ1) is 24.5. The lowest BCUT2D eigenvalue weighted by Crippen LogP contribution is -2.38. The van der Waals surface area contributed by atoms with Gasteiger partial charge in [0.25, 0.3) is 8.53 Å². The van der Waals surface area contributed by atoms with E-state index in [9.17, 15) is 9.59 Å². The van der Waals surface area contributed by atoms with Crippen LogP contribution < -0.4 is 11.0 Å². The highest BCUT2D eigenvalue weighted by atomic mass is 31.2. The first-order valence-electron chi connectivity index (χ1n) is 12.0. The Hall–Kier alpha value is -2.20. The van der Waals surface area contributed by atoms with Gasteiger partial charge in [-0.05, 0) is 30.9 Å². The van der Waals surface area contributed by atoms with Crippen LogP contribution in [0.3, 0.4) is 0 Å². The smallest absolute Gasteiger partial charge is 0.351 e. The summed E-state index contributed by atoms with van der Waals surface area (Å²) < 4.78 is 29.0. The zero-order valence-corrected chi connectivity index (χ0v) is 21.0. The van der Waals surface area contributed by atoms with Crippen LogP contribution in [-0.4, -0.2) is 58.1 Å². The number of ether oxygens (including phenoxy) is 2. The lowest BCUT2D eigenvalue weighted by molar-refractivity contribution is -0.114. The summed E-state index contributed by atoms with van der Waals surface area (Å²) >= 11 is 0. The number of anilines is 1. The molecule has 35 heavy (non-hydrogen) atoms. The standard InChI is InChI=1S/C24H31N4O6P/c1-4-18-21(22(31-3)23(32-18)27-14-12-19(25-15(2)29)26-24(27)30)34-35-28-13-8-11-17(28)20(33-35)16-9-6-5-7-10-16/h5-7,9-10,12,14,17-18,20-23H,4,8,11,13H2,1-3H3,(H,25,26,29,30)/t17-,18+,20+,21?,22-,23+,35+/m0/s1. The van der Waals surface area contributed by atoms with Crippen LogP contribution in [0.15, 0.2) is 47.4 Å². The number of nitrogens with one attached hydrogen (secondary N) is 1. The maximum Gasteiger partial charge on any atom is 0.351 e. The number of hydrogen-bond donors (Lipinski definition) is 1. The predicted octanol–water partition coefficient (Wildman–Crippen LogP) is 3.37. The van der Waals surface area contributed by atoms with Gasteiger partial charge >= 0.3 is 5.69 Å². The molecule has 5 rings (SSSR count). The van der Waals surface area contributed by atoms with E-state index in [1.807, 2.05) is 25.1 Å². The van der Waals surface area contributed by atoms with Crippen LogP contribution in [0.25, 0.3) is 0 Å². The van der Waals surface area contributed by atoms with E-state index >= 15 is 0 Å². The highest BCUT2D eigenvalue weighted by Crippen LogP contribution is 2.61. The number of methoxy groups -OCH3 is 1. The van der Waals surface area contributed by atoms with Gasteiger partial charge in [-0.15, -0.1) is 0 Å². The highest BCUT2D eigenvalue weighted by molar-refractivity contribution is 7.45. The van der Waals surface area contributed by atoms with Gasteiger partial charge in [-0.2, -0.15) is 4.98 Å². The van der Waals surface area contributed by atoms with Gasteiger partial charge in [0.2, 0.25) is 5.91 Å². The van der Waals surface area contributed by atoms with Gasteiger partial charge in [-0.1, -0.05) is 37.3 Å². The Labute approximate surface area is 205 Å². The second-order valence-corrected chi connectivity index (χ2v) is 10.4. The highest BCUT2D eigenvalue weighted by Gasteiger charge is 2.53. The maximum atomic E-state index is 12.8. The van der Waals surface area contributed by atoms with Crippen LogP contribution in [0, 0.1) is 0 Å². The minimum Gasteiger partial charge on any atom is -0.374 e. The molecule has 3 saturated heterocycles. The molecule has 188 valence electrons. The fourth-order valence-electron chi connectivity index (χ4n) is 5.13. The third-order valence-corrected chi connectivity index (χ3v) is 8.49. The molecule has 2 aromatic rings. The molecule has 0 spiro atoms. The van der Waals surface area contributed by atoms with Crippen LogP contribution in [0.2, 0.25) is 0 Å². The summed E-state index contributed by atoms with van der Waals surface area (Å²) in [6.45, 7) is 4.31. The SMILES string of the molecule is CC[C@H]1O[C@@H](n2ccc(NC(C)=O)nc2=O)[C@@H](OC)C1O[P@@]1O[C@H](c2ccccc2)[C@@H]2CCCN21. The average Bonchev–Trinajstić information content (AvgIpc) is 3.54. The van der Waals surface area contributed by atoms with E-state index in [1.165, 1.54) is 11.5 Å². The van der Waals surface area contributed by atoms with Crippen LogP contribution >= 0.6 is 8.53 Å². The topological polar surface area (TPSA) is 104 Å². The van der Waals surface area contributed by atoms with E-state index in [2.05, 4.69) is 27.1 Å². The van der Waals surface area contributed by atoms with Gasteiger partial charge in [0.15, 0.2) is 6.23 Å². The Bertz CT molecular complexity index is 1100. The van der Waals surface area contributed by atoms with Gasteiger partial charge < -0.3 is 23.8 Å². The van der Waals surface area contributed by atoms with E-state index in [4.69, 9.17) is 18.5 Å². The van der Waals surface area contributed by atoms with Crippen molar-refractivity contribution in [3.8, 4) is 0 Å². The zero-order valence-electron chi connectivity index (χ0n) is 20.1. The number of fused-ring (bicyclic) bond motifs is 1. The molecule has 4 heterocycles. The molecular formula is C24H31N4O6P. The number of nitrogens with zero attached hydrogens (tertiary/aromatic N) is 3. The second-order valence-electron chi connectivity index (χ2n) is 8.97. The van der Waals surface area contributed by atoms with Crippen molar-refractivity contribution in [1.29, 1.82) is 0 Å².